The van der Waals surface area contributed by atoms with Crippen molar-refractivity contribution in [2.45, 2.75) is 65.4 Å². The Morgan fingerprint density at radius 2 is 1.78 bits per heavy atom. The summed E-state index contributed by atoms with van der Waals surface area (Å²) in [6.45, 7) is 11.6. The van der Waals surface area contributed by atoms with Gasteiger partial charge in [0.15, 0.2) is 11.8 Å². The SMILES string of the molecule is CN=C(NCCCNC(=O)OC(C)(C)C)NCCCc1nc(C(C)C)no1. The summed E-state index contributed by atoms with van der Waals surface area (Å²) in [5.41, 5.74) is -0.480. The molecule has 9 nitrogen and oxygen atoms in total. The second-order valence-electron chi connectivity index (χ2n) is 7.51. The van der Waals surface area contributed by atoms with E-state index >= 15 is 0 Å². The number of guanidine groups is 1. The Kier molecular flexibility index (Phi) is 9.60. The van der Waals surface area contributed by atoms with Crippen molar-refractivity contribution in [1.29, 1.82) is 0 Å². The van der Waals surface area contributed by atoms with Gasteiger partial charge in [-0.2, -0.15) is 4.98 Å². The van der Waals surface area contributed by atoms with E-state index < -0.39 is 11.7 Å². The van der Waals surface area contributed by atoms with E-state index in [4.69, 9.17) is 9.26 Å². The van der Waals surface area contributed by atoms with Crippen molar-refractivity contribution in [3.63, 3.8) is 0 Å². The molecule has 27 heavy (non-hydrogen) atoms. The first-order valence-electron chi connectivity index (χ1n) is 9.45. The number of nitrogens with zero attached hydrogens (tertiary/aromatic N) is 3. The van der Waals surface area contributed by atoms with E-state index in [1.807, 2.05) is 34.6 Å². The molecule has 1 amide bonds. The number of ether oxygens (including phenoxy) is 1. The first kappa shape index (κ1) is 22.7. The summed E-state index contributed by atoms with van der Waals surface area (Å²) in [6, 6.07) is 0. The van der Waals surface area contributed by atoms with Gasteiger partial charge in [-0.3, -0.25) is 4.99 Å². The average molecular weight is 383 g/mol. The summed E-state index contributed by atoms with van der Waals surface area (Å²) in [5.74, 6) is 2.40. The van der Waals surface area contributed by atoms with Crippen LogP contribution < -0.4 is 16.0 Å². The van der Waals surface area contributed by atoms with Gasteiger partial charge in [-0.1, -0.05) is 19.0 Å². The predicted octanol–water partition coefficient (Wildman–Crippen LogP) is 2.21. The third-order valence-corrected chi connectivity index (χ3v) is 3.40. The molecule has 0 atom stereocenters. The van der Waals surface area contributed by atoms with Crippen molar-refractivity contribution in [3.8, 4) is 0 Å². The van der Waals surface area contributed by atoms with Gasteiger partial charge in [0.2, 0.25) is 5.89 Å². The monoisotopic (exact) mass is 382 g/mol. The molecular weight excluding hydrogens is 348 g/mol. The van der Waals surface area contributed by atoms with E-state index in [1.54, 1.807) is 7.05 Å². The van der Waals surface area contributed by atoms with Crippen LogP contribution in [0.5, 0.6) is 0 Å². The fourth-order valence-corrected chi connectivity index (χ4v) is 2.07. The van der Waals surface area contributed by atoms with Gasteiger partial charge in [0.25, 0.3) is 0 Å². The van der Waals surface area contributed by atoms with E-state index in [2.05, 4.69) is 31.1 Å². The summed E-state index contributed by atoms with van der Waals surface area (Å²) < 4.78 is 10.4. The van der Waals surface area contributed by atoms with Crippen LogP contribution in [0.3, 0.4) is 0 Å². The van der Waals surface area contributed by atoms with Gasteiger partial charge in [-0.25, -0.2) is 4.79 Å². The Bertz CT molecular complexity index is 592. The summed E-state index contributed by atoms with van der Waals surface area (Å²) in [5, 5.41) is 13.1. The number of hydrogen-bond acceptors (Lipinski definition) is 6. The molecule has 9 heteroatoms. The zero-order valence-electron chi connectivity index (χ0n) is 17.4. The maximum atomic E-state index is 11.5. The minimum Gasteiger partial charge on any atom is -0.444 e. The van der Waals surface area contributed by atoms with Crippen LogP contribution in [0.25, 0.3) is 0 Å². The Morgan fingerprint density at radius 1 is 1.15 bits per heavy atom. The number of carbonyl (C=O) groups is 1. The Morgan fingerprint density at radius 3 is 2.33 bits per heavy atom. The molecule has 0 aliphatic heterocycles. The van der Waals surface area contributed by atoms with Crippen LogP contribution in [0, 0.1) is 0 Å². The van der Waals surface area contributed by atoms with Gasteiger partial charge in [-0.05, 0) is 33.6 Å². The fourth-order valence-electron chi connectivity index (χ4n) is 2.07. The van der Waals surface area contributed by atoms with E-state index in [9.17, 15) is 4.79 Å². The number of amides is 1. The lowest BCUT2D eigenvalue weighted by Crippen LogP contribution is -2.39. The lowest BCUT2D eigenvalue weighted by atomic mass is 10.2. The summed E-state index contributed by atoms with van der Waals surface area (Å²) in [6.07, 6.45) is 1.95. The van der Waals surface area contributed by atoms with E-state index in [-0.39, 0.29) is 5.92 Å². The molecule has 1 aromatic heterocycles. The molecule has 154 valence electrons. The van der Waals surface area contributed by atoms with Crippen molar-refractivity contribution < 1.29 is 14.1 Å². The van der Waals surface area contributed by atoms with Gasteiger partial charge in [0.05, 0.1) is 0 Å². The van der Waals surface area contributed by atoms with Crippen LogP contribution in [-0.4, -0.2) is 54.5 Å². The molecular formula is C18H34N6O3. The summed E-state index contributed by atoms with van der Waals surface area (Å²) >= 11 is 0. The maximum Gasteiger partial charge on any atom is 0.407 e. The lowest BCUT2D eigenvalue weighted by molar-refractivity contribution is 0.0527. The summed E-state index contributed by atoms with van der Waals surface area (Å²) in [4.78, 5) is 20.1. The van der Waals surface area contributed by atoms with Crippen molar-refractivity contribution in [2.24, 2.45) is 4.99 Å². The maximum absolute atomic E-state index is 11.5. The van der Waals surface area contributed by atoms with Crippen molar-refractivity contribution in [2.75, 3.05) is 26.7 Å². The molecule has 3 N–H and O–H groups in total. The number of hydrogen-bond donors (Lipinski definition) is 3. The number of carbonyl (C=O) groups excluding carboxylic acids is 1. The second-order valence-corrected chi connectivity index (χ2v) is 7.51. The van der Waals surface area contributed by atoms with E-state index in [0.717, 1.165) is 37.6 Å². The molecule has 0 bridgehead atoms. The average Bonchev–Trinajstić information content (AvgIpc) is 3.04. The van der Waals surface area contributed by atoms with Crippen LogP contribution in [0.2, 0.25) is 0 Å². The molecule has 1 heterocycles. The Hall–Kier alpha value is -2.32. The molecule has 0 radical (unpaired) electrons. The Labute approximate surface area is 161 Å². The van der Waals surface area contributed by atoms with Gasteiger partial charge in [0, 0.05) is 39.0 Å². The molecule has 0 aromatic carbocycles. The standard InChI is InChI=1S/C18H34N6O3/c1-13(2)15-23-14(27-24-15)9-7-10-20-16(19-6)21-11-8-12-22-17(25)26-18(3,4)5/h13H,7-12H2,1-6H3,(H,22,25)(H2,19,20,21). The molecule has 0 spiro atoms. The van der Waals surface area contributed by atoms with Crippen LogP contribution in [-0.2, 0) is 11.2 Å². The highest BCUT2D eigenvalue weighted by Crippen LogP contribution is 2.10. The highest BCUT2D eigenvalue weighted by atomic mass is 16.6. The summed E-state index contributed by atoms with van der Waals surface area (Å²) in [7, 11) is 1.72. The lowest BCUT2D eigenvalue weighted by Gasteiger charge is -2.19. The van der Waals surface area contributed by atoms with E-state index in [1.165, 1.54) is 0 Å². The molecule has 0 unspecified atom stereocenters. The predicted molar refractivity (Wildman–Crippen MR) is 105 cm³/mol. The van der Waals surface area contributed by atoms with E-state index in [0.29, 0.717) is 19.0 Å². The third-order valence-electron chi connectivity index (χ3n) is 3.40. The molecule has 0 saturated heterocycles. The number of nitrogens with one attached hydrogen (secondary N) is 3. The number of rotatable bonds is 9. The normalized spacial score (nSPS) is 12.2. The number of alkyl carbamates (subject to hydrolysis) is 1. The minimum atomic E-state index is -0.480. The van der Waals surface area contributed by atoms with Gasteiger partial charge >= 0.3 is 6.09 Å². The van der Waals surface area contributed by atoms with Gasteiger partial charge in [0.1, 0.15) is 5.60 Å². The third kappa shape index (κ3) is 10.4. The van der Waals surface area contributed by atoms with Gasteiger partial charge < -0.3 is 25.2 Å². The fraction of sp³-hybridized carbons (Fsp3) is 0.778. The number of aryl methyl sites for hydroxylation is 1. The topological polar surface area (TPSA) is 114 Å². The van der Waals surface area contributed by atoms with Crippen molar-refractivity contribution in [1.82, 2.24) is 26.1 Å². The molecule has 0 fully saturated rings. The quantitative estimate of drug-likeness (QED) is 0.341. The van der Waals surface area contributed by atoms with Crippen molar-refractivity contribution in [3.05, 3.63) is 11.7 Å². The highest BCUT2D eigenvalue weighted by Gasteiger charge is 2.15. The molecule has 1 aromatic rings. The first-order chi connectivity index (χ1) is 12.7. The zero-order valence-corrected chi connectivity index (χ0v) is 17.4. The smallest absolute Gasteiger partial charge is 0.407 e. The Balaban J connectivity index is 2.11. The molecule has 0 aliphatic carbocycles. The largest absolute Gasteiger partial charge is 0.444 e. The molecule has 1 rings (SSSR count). The molecule has 0 aliphatic rings. The minimum absolute atomic E-state index is 0.272. The van der Waals surface area contributed by atoms with Crippen LogP contribution in [0.4, 0.5) is 4.79 Å². The zero-order chi connectivity index (χ0) is 20.3. The van der Waals surface area contributed by atoms with Crippen molar-refractivity contribution >= 4 is 12.1 Å². The van der Waals surface area contributed by atoms with Crippen LogP contribution in [0.15, 0.2) is 9.52 Å². The number of aliphatic imine (C=N–C) groups is 1. The van der Waals surface area contributed by atoms with Gasteiger partial charge in [-0.15, -0.1) is 0 Å². The van der Waals surface area contributed by atoms with Crippen LogP contribution >= 0.6 is 0 Å². The second kappa shape index (κ2) is 11.4. The highest BCUT2D eigenvalue weighted by molar-refractivity contribution is 5.79. The number of aromatic nitrogens is 2. The molecule has 0 saturated carbocycles. The first-order valence-corrected chi connectivity index (χ1v) is 9.45. The van der Waals surface area contributed by atoms with Crippen LogP contribution in [0.1, 0.15) is 65.1 Å².